The van der Waals surface area contributed by atoms with Gasteiger partial charge in [0.2, 0.25) is 0 Å². The van der Waals surface area contributed by atoms with Crippen molar-refractivity contribution in [3.63, 3.8) is 0 Å². The Morgan fingerprint density at radius 3 is 2.20 bits per heavy atom. The van der Waals surface area contributed by atoms with Crippen LogP contribution in [0.1, 0.15) is 15.9 Å². The zero-order valence-corrected chi connectivity index (χ0v) is 15.9. The molecule has 10 heteroatoms. The van der Waals surface area contributed by atoms with Gasteiger partial charge in [-0.05, 0) is 35.9 Å². The molecule has 0 heterocycles. The summed E-state index contributed by atoms with van der Waals surface area (Å²) in [5, 5.41) is 21.6. The molecule has 3 aromatic rings. The molecule has 0 aliphatic heterocycles. The average Bonchev–Trinajstić information content (AvgIpc) is 2.73. The highest BCUT2D eigenvalue weighted by Crippen LogP contribution is 2.26. The fourth-order valence-electron chi connectivity index (χ4n) is 2.48. The van der Waals surface area contributed by atoms with Crippen LogP contribution in [0.15, 0.2) is 66.7 Å². The van der Waals surface area contributed by atoms with E-state index in [1.165, 1.54) is 36.4 Å². The van der Waals surface area contributed by atoms with E-state index in [0.29, 0.717) is 17.1 Å². The molecule has 0 bridgehead atoms. The molecule has 0 saturated carbocycles. The molecule has 0 radical (unpaired) electrons. The van der Waals surface area contributed by atoms with Crippen LogP contribution >= 0.6 is 11.6 Å². The third kappa shape index (κ3) is 5.09. The Balaban J connectivity index is 1.67. The van der Waals surface area contributed by atoms with Crippen molar-refractivity contribution in [3.8, 4) is 11.5 Å². The van der Waals surface area contributed by atoms with Crippen molar-refractivity contribution in [2.24, 2.45) is 0 Å². The molecular formula is C20H13ClN2O7. The van der Waals surface area contributed by atoms with E-state index in [9.17, 15) is 25.0 Å². The smallest absolute Gasteiger partial charge is 0.340 e. The van der Waals surface area contributed by atoms with Gasteiger partial charge in [0.15, 0.2) is 0 Å². The minimum atomic E-state index is -0.801. The maximum absolute atomic E-state index is 12.3. The van der Waals surface area contributed by atoms with E-state index in [0.717, 1.165) is 6.07 Å². The van der Waals surface area contributed by atoms with Crippen molar-refractivity contribution < 1.29 is 24.1 Å². The Bertz CT molecular complexity index is 1120. The Morgan fingerprint density at radius 1 is 0.867 bits per heavy atom. The molecule has 0 atom stereocenters. The summed E-state index contributed by atoms with van der Waals surface area (Å²) in [5.74, 6) is 0.0364. The van der Waals surface area contributed by atoms with E-state index < -0.39 is 15.8 Å². The lowest BCUT2D eigenvalue weighted by molar-refractivity contribution is -0.385. The lowest BCUT2D eigenvalue weighted by Crippen LogP contribution is -2.06. The van der Waals surface area contributed by atoms with Gasteiger partial charge in [0.25, 0.3) is 11.4 Å². The number of hydrogen-bond donors (Lipinski definition) is 0. The van der Waals surface area contributed by atoms with E-state index >= 15 is 0 Å². The molecule has 0 aromatic heterocycles. The third-order valence-electron chi connectivity index (χ3n) is 3.93. The zero-order valence-electron chi connectivity index (χ0n) is 15.2. The van der Waals surface area contributed by atoms with Crippen LogP contribution in [0.5, 0.6) is 11.5 Å². The van der Waals surface area contributed by atoms with Crippen molar-refractivity contribution in [3.05, 3.63) is 103 Å². The second-order valence-electron chi connectivity index (χ2n) is 6.00. The van der Waals surface area contributed by atoms with Crippen molar-refractivity contribution in [2.75, 3.05) is 0 Å². The molecule has 0 fully saturated rings. The molecule has 0 amide bonds. The van der Waals surface area contributed by atoms with Crippen LogP contribution in [0.4, 0.5) is 11.4 Å². The van der Waals surface area contributed by atoms with Crippen LogP contribution in [0.3, 0.4) is 0 Å². The number of ether oxygens (including phenoxy) is 2. The Kier molecular flexibility index (Phi) is 6.23. The van der Waals surface area contributed by atoms with E-state index in [1.54, 1.807) is 24.3 Å². The summed E-state index contributed by atoms with van der Waals surface area (Å²) in [5.41, 5.74) is 0.168. The van der Waals surface area contributed by atoms with Gasteiger partial charge in [-0.3, -0.25) is 20.2 Å². The van der Waals surface area contributed by atoms with Crippen LogP contribution in [-0.2, 0) is 11.3 Å². The van der Waals surface area contributed by atoms with Crippen molar-refractivity contribution in [1.29, 1.82) is 0 Å². The first-order chi connectivity index (χ1) is 14.3. The lowest BCUT2D eigenvalue weighted by atomic mass is 10.2. The molecule has 0 saturated heterocycles. The predicted molar refractivity (Wildman–Crippen MR) is 107 cm³/mol. The monoisotopic (exact) mass is 428 g/mol. The molecule has 0 N–H and O–H groups in total. The second-order valence-corrected chi connectivity index (χ2v) is 6.41. The molecule has 0 unspecified atom stereocenters. The summed E-state index contributed by atoms with van der Waals surface area (Å²) >= 11 is 5.94. The fraction of sp³-hybridized carbons (Fsp3) is 0.0500. The summed E-state index contributed by atoms with van der Waals surface area (Å²) in [7, 11) is 0. The molecule has 3 aromatic carbocycles. The van der Waals surface area contributed by atoms with E-state index in [4.69, 9.17) is 21.1 Å². The van der Waals surface area contributed by atoms with Gasteiger partial charge in [-0.15, -0.1) is 0 Å². The molecule has 30 heavy (non-hydrogen) atoms. The van der Waals surface area contributed by atoms with Gasteiger partial charge in [-0.2, -0.15) is 0 Å². The molecule has 0 aliphatic carbocycles. The first-order valence-electron chi connectivity index (χ1n) is 8.46. The minimum Gasteiger partial charge on any atom is -0.457 e. The number of non-ortho nitro benzene ring substituents is 2. The predicted octanol–water partition coefficient (Wildman–Crippen LogP) is 5.31. The first kappa shape index (κ1) is 20.7. The number of nitro benzene ring substituents is 2. The molecule has 152 valence electrons. The van der Waals surface area contributed by atoms with Gasteiger partial charge in [0.1, 0.15) is 18.1 Å². The van der Waals surface area contributed by atoms with Crippen LogP contribution in [-0.4, -0.2) is 15.8 Å². The number of halogens is 1. The molecular weight excluding hydrogens is 416 g/mol. The van der Waals surface area contributed by atoms with Crippen molar-refractivity contribution in [1.82, 2.24) is 0 Å². The van der Waals surface area contributed by atoms with Crippen molar-refractivity contribution >= 4 is 28.9 Å². The largest absolute Gasteiger partial charge is 0.457 e. The van der Waals surface area contributed by atoms with Gasteiger partial charge in [0.05, 0.1) is 20.4 Å². The number of esters is 1. The van der Waals surface area contributed by atoms with Gasteiger partial charge < -0.3 is 9.47 Å². The number of hydrogen-bond acceptors (Lipinski definition) is 7. The normalized spacial score (nSPS) is 10.3. The number of benzene rings is 3. The maximum atomic E-state index is 12.3. The standard InChI is InChI=1S/C20H13ClN2O7/c21-19-9-6-15(23(27)28)11-18(19)20(24)29-12-13-2-1-3-17(10-13)30-16-7-4-14(5-8-16)22(25)26/h1-11H,12H2. The molecule has 0 spiro atoms. The van der Waals surface area contributed by atoms with Crippen LogP contribution in [0.2, 0.25) is 5.02 Å². The van der Waals surface area contributed by atoms with Gasteiger partial charge in [-0.1, -0.05) is 23.7 Å². The maximum Gasteiger partial charge on any atom is 0.340 e. The number of carbonyl (C=O) groups excluding carboxylic acids is 1. The van der Waals surface area contributed by atoms with Crippen molar-refractivity contribution in [2.45, 2.75) is 6.61 Å². The third-order valence-corrected chi connectivity index (χ3v) is 4.26. The summed E-state index contributed by atoms with van der Waals surface area (Å²) in [6, 6.07) is 15.8. The number of rotatable bonds is 7. The lowest BCUT2D eigenvalue weighted by Gasteiger charge is -2.09. The minimum absolute atomic E-state index is 0.0425. The summed E-state index contributed by atoms with van der Waals surface area (Å²) < 4.78 is 10.8. The number of nitrogens with zero attached hydrogens (tertiary/aromatic N) is 2. The highest BCUT2D eigenvalue weighted by molar-refractivity contribution is 6.33. The molecule has 3 rings (SSSR count). The van der Waals surface area contributed by atoms with Gasteiger partial charge in [0, 0.05) is 24.3 Å². The Hall–Kier alpha value is -3.98. The second kappa shape index (κ2) is 9.01. The van der Waals surface area contributed by atoms with Gasteiger partial charge in [-0.25, -0.2) is 4.79 Å². The van der Waals surface area contributed by atoms with Gasteiger partial charge >= 0.3 is 5.97 Å². The Morgan fingerprint density at radius 2 is 1.53 bits per heavy atom. The summed E-state index contributed by atoms with van der Waals surface area (Å²) in [6.07, 6.45) is 0. The van der Waals surface area contributed by atoms with Crippen LogP contribution in [0.25, 0.3) is 0 Å². The SMILES string of the molecule is O=C(OCc1cccc(Oc2ccc([N+](=O)[O-])cc2)c1)c1cc([N+](=O)[O-])ccc1Cl. The summed E-state index contributed by atoms with van der Waals surface area (Å²) in [6.45, 7) is -0.116. The summed E-state index contributed by atoms with van der Waals surface area (Å²) in [4.78, 5) is 32.7. The van der Waals surface area contributed by atoms with Crippen LogP contribution < -0.4 is 4.74 Å². The highest BCUT2D eigenvalue weighted by Gasteiger charge is 2.17. The number of nitro groups is 2. The fourth-order valence-corrected chi connectivity index (χ4v) is 2.68. The quantitative estimate of drug-likeness (QED) is 0.284. The topological polar surface area (TPSA) is 122 Å². The van der Waals surface area contributed by atoms with E-state index in [1.807, 2.05) is 0 Å². The van der Waals surface area contributed by atoms with E-state index in [-0.39, 0.29) is 28.6 Å². The first-order valence-corrected chi connectivity index (χ1v) is 8.83. The van der Waals surface area contributed by atoms with Crippen LogP contribution in [0, 0.1) is 20.2 Å². The highest BCUT2D eigenvalue weighted by atomic mass is 35.5. The zero-order chi connectivity index (χ0) is 21.7. The average molecular weight is 429 g/mol. The van der Waals surface area contributed by atoms with E-state index in [2.05, 4.69) is 0 Å². The Labute approximate surface area is 174 Å². The molecule has 9 nitrogen and oxygen atoms in total. The molecule has 0 aliphatic rings. The number of carbonyl (C=O) groups is 1.